The Morgan fingerprint density at radius 3 is 1.74 bits per heavy atom. The highest BCUT2D eigenvalue weighted by Gasteiger charge is 2.59. The summed E-state index contributed by atoms with van der Waals surface area (Å²) in [5.74, 6) is 0.991. The van der Waals surface area contributed by atoms with E-state index in [0.717, 1.165) is 46.3 Å². The molecule has 0 aliphatic heterocycles. The van der Waals surface area contributed by atoms with Crippen molar-refractivity contribution in [3.05, 3.63) is 250 Å². The largest absolute Gasteiger partial charge is 0.456 e. The van der Waals surface area contributed by atoms with Crippen LogP contribution in [-0.4, -0.2) is 4.98 Å². The number of nitrogens with zero attached hydrogens (tertiary/aromatic N) is 1. The molecule has 2 aromatic heterocycles. The van der Waals surface area contributed by atoms with Crippen molar-refractivity contribution in [1.29, 1.82) is 0 Å². The van der Waals surface area contributed by atoms with Gasteiger partial charge >= 0.3 is 0 Å². The topological polar surface area (TPSA) is 26.0 Å². The van der Waals surface area contributed by atoms with Crippen LogP contribution in [0.15, 0.2) is 199 Å². The SMILES string of the molecule is C1=Cc2oc3c4c(ccc3c2CC1)-c1ccc(-c2cc(-c3ccccc3)nc3ccccc23)cc1C41c2ccccc2C2(c3ccccc3-c3ccccc32)c2ccccc21. The zero-order valence-electron chi connectivity index (χ0n) is 33.3. The third-order valence-electron chi connectivity index (χ3n) is 14.4. The van der Waals surface area contributed by atoms with Crippen LogP contribution in [0.5, 0.6) is 0 Å². The first-order valence-electron chi connectivity index (χ1n) is 21.5. The van der Waals surface area contributed by atoms with Crippen molar-refractivity contribution >= 4 is 27.9 Å². The average molecular weight is 776 g/mol. The Labute approximate surface area is 354 Å². The minimum absolute atomic E-state index is 0.517. The van der Waals surface area contributed by atoms with E-state index in [4.69, 9.17) is 9.40 Å². The van der Waals surface area contributed by atoms with E-state index in [9.17, 15) is 0 Å². The van der Waals surface area contributed by atoms with Gasteiger partial charge in [-0.1, -0.05) is 176 Å². The Balaban J connectivity index is 1.14. The summed E-state index contributed by atoms with van der Waals surface area (Å²) in [5, 5.41) is 2.37. The number of aryl methyl sites for hydroxylation is 1. The van der Waals surface area contributed by atoms with Gasteiger partial charge in [-0.15, -0.1) is 0 Å². The molecule has 14 rings (SSSR count). The number of furan rings is 1. The van der Waals surface area contributed by atoms with Crippen LogP contribution in [0.25, 0.3) is 72.6 Å². The number of hydrogen-bond donors (Lipinski definition) is 0. The van der Waals surface area contributed by atoms with Crippen molar-refractivity contribution in [2.24, 2.45) is 0 Å². The van der Waals surface area contributed by atoms with Crippen LogP contribution in [-0.2, 0) is 17.3 Å². The van der Waals surface area contributed by atoms with Gasteiger partial charge in [0.15, 0.2) is 0 Å². The third kappa shape index (κ3) is 4.10. The van der Waals surface area contributed by atoms with E-state index < -0.39 is 10.8 Å². The van der Waals surface area contributed by atoms with Gasteiger partial charge in [0.1, 0.15) is 11.3 Å². The monoisotopic (exact) mass is 775 g/mol. The van der Waals surface area contributed by atoms with E-state index in [1.807, 2.05) is 0 Å². The lowest BCUT2D eigenvalue weighted by atomic mass is 9.52. The van der Waals surface area contributed by atoms with Crippen molar-refractivity contribution in [3.63, 3.8) is 0 Å². The summed E-state index contributed by atoms with van der Waals surface area (Å²) in [6, 6.07) is 70.4. The van der Waals surface area contributed by atoms with Gasteiger partial charge in [-0.05, 0) is 109 Å². The summed E-state index contributed by atoms with van der Waals surface area (Å²) in [6.07, 6.45) is 6.45. The van der Waals surface area contributed by atoms with Crippen LogP contribution >= 0.6 is 0 Å². The van der Waals surface area contributed by atoms with Gasteiger partial charge in [-0.25, -0.2) is 4.98 Å². The molecule has 2 heteroatoms. The molecule has 0 N–H and O–H groups in total. The highest BCUT2D eigenvalue weighted by atomic mass is 16.3. The molecule has 284 valence electrons. The van der Waals surface area contributed by atoms with Crippen molar-refractivity contribution in [3.8, 4) is 44.6 Å². The molecule has 0 amide bonds. The van der Waals surface area contributed by atoms with Gasteiger partial charge in [0, 0.05) is 27.5 Å². The third-order valence-corrected chi connectivity index (χ3v) is 14.4. The minimum Gasteiger partial charge on any atom is -0.456 e. The highest BCUT2D eigenvalue weighted by Crippen LogP contribution is 2.68. The molecule has 0 unspecified atom stereocenters. The Morgan fingerprint density at radius 1 is 0.426 bits per heavy atom. The van der Waals surface area contributed by atoms with Crippen LogP contribution in [0.3, 0.4) is 0 Å². The fourth-order valence-electron chi connectivity index (χ4n) is 12.1. The molecule has 61 heavy (non-hydrogen) atoms. The van der Waals surface area contributed by atoms with Crippen LogP contribution in [0.1, 0.15) is 62.3 Å². The summed E-state index contributed by atoms with van der Waals surface area (Å²) in [6.45, 7) is 0. The van der Waals surface area contributed by atoms with Crippen LogP contribution in [0, 0.1) is 0 Å². The second kappa shape index (κ2) is 12.0. The van der Waals surface area contributed by atoms with E-state index in [1.165, 1.54) is 88.8 Å². The molecule has 0 atom stereocenters. The summed E-state index contributed by atoms with van der Waals surface area (Å²) < 4.78 is 7.19. The molecule has 8 aromatic carbocycles. The predicted octanol–water partition coefficient (Wildman–Crippen LogP) is 14.3. The van der Waals surface area contributed by atoms with Gasteiger partial charge in [-0.3, -0.25) is 0 Å². The van der Waals surface area contributed by atoms with Crippen LogP contribution < -0.4 is 0 Å². The lowest BCUT2D eigenvalue weighted by molar-refractivity contribution is 0.577. The molecule has 0 fully saturated rings. The van der Waals surface area contributed by atoms with Gasteiger partial charge in [0.25, 0.3) is 0 Å². The van der Waals surface area contributed by atoms with Gasteiger partial charge in [0.2, 0.25) is 0 Å². The smallest absolute Gasteiger partial charge is 0.140 e. The number of fused-ring (bicyclic) bond motifs is 21. The maximum atomic E-state index is 7.19. The lowest BCUT2D eigenvalue weighted by Crippen LogP contribution is -2.43. The zero-order chi connectivity index (χ0) is 39.9. The summed E-state index contributed by atoms with van der Waals surface area (Å²) in [4.78, 5) is 5.20. The molecule has 2 heterocycles. The van der Waals surface area contributed by atoms with E-state index in [2.05, 4.69) is 200 Å². The first kappa shape index (κ1) is 33.3. The quantitative estimate of drug-likeness (QED) is 0.175. The van der Waals surface area contributed by atoms with Crippen molar-refractivity contribution in [2.75, 3.05) is 0 Å². The van der Waals surface area contributed by atoms with Crippen molar-refractivity contribution in [1.82, 2.24) is 4.98 Å². The molecule has 10 aromatic rings. The Bertz CT molecular complexity index is 3450. The maximum absolute atomic E-state index is 7.19. The second-order valence-electron chi connectivity index (χ2n) is 17.1. The number of benzene rings is 8. The summed E-state index contributed by atoms with van der Waals surface area (Å²) >= 11 is 0. The molecular formula is C59H37NO. The molecule has 4 aliphatic carbocycles. The molecule has 0 saturated heterocycles. The predicted molar refractivity (Wildman–Crippen MR) is 248 cm³/mol. The average Bonchev–Trinajstić information content (AvgIpc) is 3.96. The molecule has 2 spiro atoms. The molecule has 0 bridgehead atoms. The molecule has 2 nitrogen and oxygen atoms in total. The van der Waals surface area contributed by atoms with Crippen LogP contribution in [0.2, 0.25) is 0 Å². The normalized spacial score (nSPS) is 15.3. The first-order chi connectivity index (χ1) is 30.3. The fraction of sp³-hybridized carbons (Fsp3) is 0.0678. The van der Waals surface area contributed by atoms with Crippen molar-refractivity contribution in [2.45, 2.75) is 23.7 Å². The fourth-order valence-corrected chi connectivity index (χ4v) is 12.1. The number of pyridine rings is 1. The van der Waals surface area contributed by atoms with E-state index in [1.54, 1.807) is 0 Å². The lowest BCUT2D eigenvalue weighted by Gasteiger charge is -2.48. The van der Waals surface area contributed by atoms with E-state index in [0.29, 0.717) is 0 Å². The molecular weight excluding hydrogens is 739 g/mol. The standard InChI is InChI=1S/C59H37NO/c1-2-16-36(17-3-1)54-35-45(41-20-6-14-28-53(41)60-54)37-30-31-40-43-32-33-44-42-21-7-15-29-55(42)61-57(44)56(43)59(52(40)34-37)50-26-12-10-24-48(50)58(49-25-11-13-27-51(49)59)46-22-8-4-18-38(46)39-19-5-9-23-47(39)58/h1-6,8-20,22-35H,7,21H2. The van der Waals surface area contributed by atoms with Gasteiger partial charge in [-0.2, -0.15) is 0 Å². The number of hydrogen-bond acceptors (Lipinski definition) is 2. The molecule has 0 saturated carbocycles. The minimum atomic E-state index is -0.694. The van der Waals surface area contributed by atoms with Crippen LogP contribution in [0.4, 0.5) is 0 Å². The first-order valence-corrected chi connectivity index (χ1v) is 21.5. The second-order valence-corrected chi connectivity index (χ2v) is 17.1. The summed E-state index contributed by atoms with van der Waals surface area (Å²) in [5.41, 5.74) is 22.1. The number of para-hydroxylation sites is 1. The molecule has 4 aliphatic rings. The highest BCUT2D eigenvalue weighted by molar-refractivity contribution is 6.04. The Morgan fingerprint density at radius 2 is 1.02 bits per heavy atom. The van der Waals surface area contributed by atoms with E-state index >= 15 is 0 Å². The zero-order valence-corrected chi connectivity index (χ0v) is 33.3. The number of rotatable bonds is 2. The van der Waals surface area contributed by atoms with Gasteiger partial charge < -0.3 is 4.42 Å². The molecule has 0 radical (unpaired) electrons. The van der Waals surface area contributed by atoms with Gasteiger partial charge in [0.05, 0.1) is 22.0 Å². The number of allylic oxidation sites excluding steroid dienone is 1. The van der Waals surface area contributed by atoms with Crippen molar-refractivity contribution < 1.29 is 4.42 Å². The maximum Gasteiger partial charge on any atom is 0.140 e. The van der Waals surface area contributed by atoms with E-state index in [-0.39, 0.29) is 0 Å². The summed E-state index contributed by atoms with van der Waals surface area (Å²) in [7, 11) is 0. The Hall–Kier alpha value is -7.55. The Kier molecular flexibility index (Phi) is 6.56. The number of aromatic nitrogens is 1.